The molecule has 2 unspecified atom stereocenters. The predicted octanol–water partition coefficient (Wildman–Crippen LogP) is 1.98. The van der Waals surface area contributed by atoms with Crippen LogP contribution in [0.15, 0.2) is 18.2 Å². The minimum atomic E-state index is -0.0670. The number of benzene rings is 1. The molecule has 1 aromatic carbocycles. The molecule has 4 nitrogen and oxygen atoms in total. The number of ether oxygens (including phenoxy) is 1. The number of nitrogens with two attached hydrogens (primary N) is 1. The van der Waals surface area contributed by atoms with Gasteiger partial charge in [0.15, 0.2) is 0 Å². The van der Waals surface area contributed by atoms with Crippen LogP contribution < -0.4 is 10.5 Å². The van der Waals surface area contributed by atoms with Gasteiger partial charge in [-0.3, -0.25) is 0 Å². The minimum absolute atomic E-state index is 0.0670. The Labute approximate surface area is 126 Å². The molecule has 20 heavy (non-hydrogen) atoms. The summed E-state index contributed by atoms with van der Waals surface area (Å²) in [5.41, 5.74) is 7.38. The van der Waals surface area contributed by atoms with E-state index in [1.807, 2.05) is 18.2 Å². The third-order valence-electron chi connectivity index (χ3n) is 4.10. The second kappa shape index (κ2) is 6.76. The maximum atomic E-state index is 6.39. The van der Waals surface area contributed by atoms with Crippen molar-refractivity contribution in [3.8, 4) is 5.75 Å². The molecule has 0 saturated carbocycles. The summed E-state index contributed by atoms with van der Waals surface area (Å²) >= 11 is 6.08. The van der Waals surface area contributed by atoms with Gasteiger partial charge in [0.05, 0.1) is 7.11 Å². The van der Waals surface area contributed by atoms with Crippen molar-refractivity contribution in [3.63, 3.8) is 0 Å². The highest BCUT2D eigenvalue weighted by atomic mass is 35.5. The van der Waals surface area contributed by atoms with Crippen LogP contribution in [-0.4, -0.2) is 56.7 Å². The van der Waals surface area contributed by atoms with Gasteiger partial charge in [-0.05, 0) is 38.7 Å². The lowest BCUT2D eigenvalue weighted by molar-refractivity contribution is 0.104. The van der Waals surface area contributed by atoms with Crippen LogP contribution in [0.1, 0.15) is 18.0 Å². The van der Waals surface area contributed by atoms with E-state index in [2.05, 4.69) is 23.9 Å². The highest BCUT2D eigenvalue weighted by Gasteiger charge is 2.25. The Kier molecular flexibility index (Phi) is 5.27. The highest BCUT2D eigenvalue weighted by Crippen LogP contribution is 2.30. The predicted molar refractivity (Wildman–Crippen MR) is 83.5 cm³/mol. The molecule has 0 aliphatic carbocycles. The first kappa shape index (κ1) is 15.6. The summed E-state index contributed by atoms with van der Waals surface area (Å²) < 4.78 is 5.40. The van der Waals surface area contributed by atoms with Crippen LogP contribution >= 0.6 is 11.6 Å². The lowest BCUT2D eigenvalue weighted by atomic mass is 9.97. The molecule has 0 amide bonds. The molecule has 5 heteroatoms. The van der Waals surface area contributed by atoms with Crippen LogP contribution in [0, 0.1) is 0 Å². The Morgan fingerprint density at radius 2 is 2.15 bits per heavy atom. The lowest BCUT2D eigenvalue weighted by Gasteiger charge is -2.39. The Bertz CT molecular complexity index is 455. The number of nitrogens with zero attached hydrogens (tertiary/aromatic N) is 2. The van der Waals surface area contributed by atoms with E-state index < -0.39 is 0 Å². The van der Waals surface area contributed by atoms with E-state index in [1.165, 1.54) is 0 Å². The smallest absolute Gasteiger partial charge is 0.123 e. The van der Waals surface area contributed by atoms with E-state index >= 15 is 0 Å². The molecule has 1 aliphatic rings. The van der Waals surface area contributed by atoms with Gasteiger partial charge in [-0.2, -0.15) is 0 Å². The molecular weight excluding hydrogens is 274 g/mol. The van der Waals surface area contributed by atoms with Crippen molar-refractivity contribution in [1.29, 1.82) is 0 Å². The first-order valence-corrected chi connectivity index (χ1v) is 7.37. The standard InChI is InChI=1S/C15H24ClN3O/c1-18-6-7-19(2)12(10-18)9-14(17)13-8-11(16)4-5-15(13)20-3/h4-5,8,12,14H,6-7,9-10,17H2,1-3H3. The molecule has 1 aromatic rings. The fourth-order valence-corrected chi connectivity index (χ4v) is 2.95. The van der Waals surface area contributed by atoms with Crippen molar-refractivity contribution in [2.24, 2.45) is 5.73 Å². The monoisotopic (exact) mass is 297 g/mol. The molecule has 0 radical (unpaired) electrons. The van der Waals surface area contributed by atoms with Crippen LogP contribution in [0.2, 0.25) is 5.02 Å². The largest absolute Gasteiger partial charge is 0.496 e. The Morgan fingerprint density at radius 1 is 1.40 bits per heavy atom. The second-order valence-electron chi connectivity index (χ2n) is 5.63. The number of hydrogen-bond acceptors (Lipinski definition) is 4. The number of piperazine rings is 1. The molecule has 1 heterocycles. The molecule has 0 bridgehead atoms. The van der Waals surface area contributed by atoms with E-state index in [9.17, 15) is 0 Å². The normalized spacial score (nSPS) is 22.8. The molecule has 2 atom stereocenters. The van der Waals surface area contributed by atoms with Gasteiger partial charge in [0.2, 0.25) is 0 Å². The summed E-state index contributed by atoms with van der Waals surface area (Å²) in [6.45, 7) is 3.25. The van der Waals surface area contributed by atoms with Crippen LogP contribution in [-0.2, 0) is 0 Å². The fourth-order valence-electron chi connectivity index (χ4n) is 2.77. The first-order chi connectivity index (χ1) is 9.51. The summed E-state index contributed by atoms with van der Waals surface area (Å²) in [6.07, 6.45) is 0.900. The summed E-state index contributed by atoms with van der Waals surface area (Å²) in [5.74, 6) is 0.814. The molecule has 0 aromatic heterocycles. The number of likely N-dealkylation sites (N-methyl/N-ethyl adjacent to an activating group) is 2. The summed E-state index contributed by atoms with van der Waals surface area (Å²) in [4.78, 5) is 4.74. The van der Waals surface area contributed by atoms with Gasteiger partial charge in [-0.1, -0.05) is 11.6 Å². The molecule has 1 fully saturated rings. The summed E-state index contributed by atoms with van der Waals surface area (Å²) in [5, 5.41) is 0.699. The van der Waals surface area contributed by atoms with Gasteiger partial charge >= 0.3 is 0 Å². The van der Waals surface area contributed by atoms with E-state index in [4.69, 9.17) is 22.1 Å². The van der Waals surface area contributed by atoms with E-state index in [0.717, 1.165) is 37.4 Å². The van der Waals surface area contributed by atoms with Crippen molar-refractivity contribution >= 4 is 11.6 Å². The number of methoxy groups -OCH3 is 1. The average molecular weight is 298 g/mol. The van der Waals surface area contributed by atoms with Crippen molar-refractivity contribution in [3.05, 3.63) is 28.8 Å². The van der Waals surface area contributed by atoms with Crippen LogP contribution in [0.5, 0.6) is 5.75 Å². The van der Waals surface area contributed by atoms with Gasteiger partial charge < -0.3 is 20.3 Å². The maximum absolute atomic E-state index is 6.39. The zero-order chi connectivity index (χ0) is 14.7. The van der Waals surface area contributed by atoms with Crippen molar-refractivity contribution in [2.75, 3.05) is 40.8 Å². The summed E-state index contributed by atoms with van der Waals surface area (Å²) in [7, 11) is 5.99. The zero-order valence-electron chi connectivity index (χ0n) is 12.5. The van der Waals surface area contributed by atoms with Crippen LogP contribution in [0.4, 0.5) is 0 Å². The third-order valence-corrected chi connectivity index (χ3v) is 4.33. The summed E-state index contributed by atoms with van der Waals surface area (Å²) in [6, 6.07) is 6.03. The maximum Gasteiger partial charge on any atom is 0.123 e. The molecule has 1 aliphatic heterocycles. The third kappa shape index (κ3) is 3.64. The van der Waals surface area contributed by atoms with E-state index in [-0.39, 0.29) is 6.04 Å². The van der Waals surface area contributed by atoms with E-state index in [1.54, 1.807) is 7.11 Å². The minimum Gasteiger partial charge on any atom is -0.496 e. The fraction of sp³-hybridized carbons (Fsp3) is 0.600. The Hall–Kier alpha value is -0.810. The van der Waals surface area contributed by atoms with Crippen molar-refractivity contribution in [1.82, 2.24) is 9.80 Å². The Morgan fingerprint density at radius 3 is 2.85 bits per heavy atom. The Balaban J connectivity index is 2.11. The quantitative estimate of drug-likeness (QED) is 0.923. The van der Waals surface area contributed by atoms with Gasteiger partial charge in [0.1, 0.15) is 5.75 Å². The lowest BCUT2D eigenvalue weighted by Crippen LogP contribution is -2.50. The molecule has 2 rings (SSSR count). The van der Waals surface area contributed by atoms with Crippen LogP contribution in [0.25, 0.3) is 0 Å². The van der Waals surface area contributed by atoms with Gasteiger partial charge in [-0.15, -0.1) is 0 Å². The number of hydrogen-bond donors (Lipinski definition) is 1. The van der Waals surface area contributed by atoms with Crippen molar-refractivity contribution < 1.29 is 4.74 Å². The zero-order valence-corrected chi connectivity index (χ0v) is 13.2. The molecule has 2 N–H and O–H groups in total. The van der Waals surface area contributed by atoms with E-state index in [0.29, 0.717) is 11.1 Å². The average Bonchev–Trinajstić information content (AvgIpc) is 2.42. The second-order valence-corrected chi connectivity index (χ2v) is 6.06. The SMILES string of the molecule is COc1ccc(Cl)cc1C(N)CC1CN(C)CCN1C. The van der Waals surface area contributed by atoms with Gasteiger partial charge in [-0.25, -0.2) is 0 Å². The van der Waals surface area contributed by atoms with Crippen LogP contribution in [0.3, 0.4) is 0 Å². The highest BCUT2D eigenvalue weighted by molar-refractivity contribution is 6.30. The molecular formula is C15H24ClN3O. The topological polar surface area (TPSA) is 41.7 Å². The van der Waals surface area contributed by atoms with Gasteiger partial charge in [0, 0.05) is 42.3 Å². The molecule has 1 saturated heterocycles. The molecule has 112 valence electrons. The first-order valence-electron chi connectivity index (χ1n) is 6.99. The van der Waals surface area contributed by atoms with Gasteiger partial charge in [0.25, 0.3) is 0 Å². The number of halogens is 1. The van der Waals surface area contributed by atoms with Crippen molar-refractivity contribution in [2.45, 2.75) is 18.5 Å². The molecule has 0 spiro atoms. The number of rotatable bonds is 4.